The fourth-order valence-electron chi connectivity index (χ4n) is 2.97. The van der Waals surface area contributed by atoms with E-state index in [4.69, 9.17) is 5.73 Å². The molecule has 0 bridgehead atoms. The third-order valence-corrected chi connectivity index (χ3v) is 4.29. The number of nitrogens with zero attached hydrogens (tertiary/aromatic N) is 1. The van der Waals surface area contributed by atoms with E-state index in [1.807, 2.05) is 24.3 Å². The third-order valence-electron chi connectivity index (χ3n) is 4.29. The lowest BCUT2D eigenvalue weighted by Gasteiger charge is -2.24. The number of carbonyl (C=O) groups excluding carboxylic acids is 1. The normalized spacial score (nSPS) is 16.7. The molecule has 1 heterocycles. The first kappa shape index (κ1) is 15.3. The Hall–Kier alpha value is -2.63. The molecule has 1 aromatic heterocycles. The average Bonchev–Trinajstić information content (AvgIpc) is 2.53. The first-order valence-corrected chi connectivity index (χ1v) is 7.75. The second kappa shape index (κ2) is 6.24. The summed E-state index contributed by atoms with van der Waals surface area (Å²) in [6.07, 6.45) is 2.46. The molecular weight excluding hydrogens is 292 g/mol. The molecule has 23 heavy (non-hydrogen) atoms. The Kier molecular flexibility index (Phi) is 4.14. The number of Topliss-reactive ketones (excluding diaryl/α,β-unsaturated/α-hetero) is 1. The summed E-state index contributed by atoms with van der Waals surface area (Å²) < 4.78 is 0. The summed E-state index contributed by atoms with van der Waals surface area (Å²) in [5.41, 5.74) is 8.72. The second-order valence-corrected chi connectivity index (χ2v) is 6.00. The number of nitrogens with two attached hydrogens (primary N) is 1. The molecule has 1 aliphatic rings. The molecule has 120 valence electrons. The second-order valence-electron chi connectivity index (χ2n) is 6.00. The molecule has 0 aliphatic heterocycles. The molecule has 0 spiro atoms. The van der Waals surface area contributed by atoms with Crippen LogP contribution in [0.15, 0.2) is 29.1 Å². The van der Waals surface area contributed by atoms with Crippen molar-refractivity contribution in [1.29, 1.82) is 0 Å². The van der Waals surface area contributed by atoms with Crippen molar-refractivity contribution >= 4 is 17.4 Å². The summed E-state index contributed by atoms with van der Waals surface area (Å²) >= 11 is 0. The molecule has 0 saturated carbocycles. The maximum Gasteiger partial charge on any atom is 0.255 e. The van der Waals surface area contributed by atoms with Crippen molar-refractivity contribution in [2.24, 2.45) is 5.92 Å². The van der Waals surface area contributed by atoms with E-state index in [-0.39, 0.29) is 17.3 Å². The summed E-state index contributed by atoms with van der Waals surface area (Å²) in [5, 5.41) is 3.37. The van der Waals surface area contributed by atoms with Crippen LogP contribution >= 0.6 is 0 Å². The van der Waals surface area contributed by atoms with Crippen LogP contribution in [0.25, 0.3) is 0 Å². The van der Waals surface area contributed by atoms with Crippen LogP contribution in [0.3, 0.4) is 0 Å². The number of aryl methyl sites for hydroxylation is 1. The lowest BCUT2D eigenvalue weighted by molar-refractivity contribution is 0.101. The topological polar surface area (TPSA) is 101 Å². The van der Waals surface area contributed by atoms with Crippen LogP contribution in [-0.4, -0.2) is 22.3 Å². The highest BCUT2D eigenvalue weighted by atomic mass is 16.1. The molecule has 1 atom stereocenters. The monoisotopic (exact) mass is 312 g/mol. The summed E-state index contributed by atoms with van der Waals surface area (Å²) in [4.78, 5) is 30.0. The molecule has 0 amide bonds. The predicted molar refractivity (Wildman–Crippen MR) is 89.7 cm³/mol. The lowest BCUT2D eigenvalue weighted by atomic mass is 9.87. The number of H-pyrrole nitrogens is 1. The maximum absolute atomic E-state index is 12.0. The fraction of sp³-hybridized carbons (Fsp3) is 0.353. The van der Waals surface area contributed by atoms with Crippen molar-refractivity contribution in [2.45, 2.75) is 26.2 Å². The number of carbonyl (C=O) groups is 1. The number of rotatable bonds is 4. The van der Waals surface area contributed by atoms with E-state index in [0.717, 1.165) is 36.3 Å². The van der Waals surface area contributed by atoms with Gasteiger partial charge < -0.3 is 11.1 Å². The van der Waals surface area contributed by atoms with Crippen LogP contribution < -0.4 is 16.6 Å². The zero-order valence-corrected chi connectivity index (χ0v) is 13.1. The highest BCUT2D eigenvalue weighted by Gasteiger charge is 2.22. The SMILES string of the molecule is CC(=O)c1ccc(NCC2CCc3nc(N)[nH]c(=O)c3C2)cc1. The highest BCUT2D eigenvalue weighted by Crippen LogP contribution is 2.22. The van der Waals surface area contributed by atoms with E-state index < -0.39 is 0 Å². The van der Waals surface area contributed by atoms with Gasteiger partial charge in [-0.3, -0.25) is 14.6 Å². The molecule has 1 aliphatic carbocycles. The van der Waals surface area contributed by atoms with Gasteiger partial charge in [0, 0.05) is 23.4 Å². The minimum Gasteiger partial charge on any atom is -0.385 e. The molecule has 0 saturated heterocycles. The van der Waals surface area contributed by atoms with Crippen LogP contribution in [0.2, 0.25) is 0 Å². The van der Waals surface area contributed by atoms with Crippen molar-refractivity contribution < 1.29 is 4.79 Å². The summed E-state index contributed by atoms with van der Waals surface area (Å²) in [5.74, 6) is 0.629. The molecule has 1 unspecified atom stereocenters. The molecule has 3 rings (SSSR count). The first-order valence-electron chi connectivity index (χ1n) is 7.75. The van der Waals surface area contributed by atoms with Crippen molar-refractivity contribution in [1.82, 2.24) is 9.97 Å². The van der Waals surface area contributed by atoms with Crippen LogP contribution in [0.4, 0.5) is 11.6 Å². The van der Waals surface area contributed by atoms with E-state index in [2.05, 4.69) is 15.3 Å². The zero-order valence-electron chi connectivity index (χ0n) is 13.1. The van der Waals surface area contributed by atoms with Gasteiger partial charge in [-0.2, -0.15) is 0 Å². The van der Waals surface area contributed by atoms with Gasteiger partial charge in [0.25, 0.3) is 5.56 Å². The van der Waals surface area contributed by atoms with Gasteiger partial charge in [0.05, 0.1) is 5.69 Å². The number of anilines is 2. The van der Waals surface area contributed by atoms with E-state index in [0.29, 0.717) is 17.9 Å². The van der Waals surface area contributed by atoms with E-state index >= 15 is 0 Å². The van der Waals surface area contributed by atoms with Crippen LogP contribution in [-0.2, 0) is 12.8 Å². The summed E-state index contributed by atoms with van der Waals surface area (Å²) in [7, 11) is 0. The highest BCUT2D eigenvalue weighted by molar-refractivity contribution is 5.94. The van der Waals surface area contributed by atoms with E-state index in [1.165, 1.54) is 0 Å². The van der Waals surface area contributed by atoms with Crippen LogP contribution in [0, 0.1) is 5.92 Å². The Morgan fingerprint density at radius 1 is 1.39 bits per heavy atom. The number of nitrogens with one attached hydrogen (secondary N) is 2. The van der Waals surface area contributed by atoms with Crippen molar-refractivity contribution in [2.75, 3.05) is 17.6 Å². The van der Waals surface area contributed by atoms with Gasteiger partial charge in [-0.1, -0.05) is 0 Å². The average molecular weight is 312 g/mol. The Labute approximate surface area is 134 Å². The fourth-order valence-corrected chi connectivity index (χ4v) is 2.97. The number of hydrogen-bond acceptors (Lipinski definition) is 5. The minimum atomic E-state index is -0.122. The Morgan fingerprint density at radius 3 is 2.83 bits per heavy atom. The molecule has 4 N–H and O–H groups in total. The smallest absolute Gasteiger partial charge is 0.255 e. The number of aromatic nitrogens is 2. The van der Waals surface area contributed by atoms with Crippen molar-refractivity contribution in [3.05, 3.63) is 51.4 Å². The van der Waals surface area contributed by atoms with Gasteiger partial charge in [0.1, 0.15) is 0 Å². The Balaban J connectivity index is 1.64. The number of fused-ring (bicyclic) bond motifs is 1. The zero-order chi connectivity index (χ0) is 16.4. The molecule has 0 radical (unpaired) electrons. The quantitative estimate of drug-likeness (QED) is 0.747. The number of hydrogen-bond donors (Lipinski definition) is 3. The number of ketones is 1. The molecule has 0 fully saturated rings. The van der Waals surface area contributed by atoms with Gasteiger partial charge >= 0.3 is 0 Å². The molecule has 6 nitrogen and oxygen atoms in total. The van der Waals surface area contributed by atoms with Crippen LogP contribution in [0.1, 0.15) is 35.0 Å². The largest absolute Gasteiger partial charge is 0.385 e. The summed E-state index contributed by atoms with van der Waals surface area (Å²) in [6.45, 7) is 2.34. The van der Waals surface area contributed by atoms with Gasteiger partial charge in [0.15, 0.2) is 5.78 Å². The Bertz CT molecular complexity index is 780. The van der Waals surface area contributed by atoms with Crippen molar-refractivity contribution in [3.63, 3.8) is 0 Å². The first-order chi connectivity index (χ1) is 11.0. The van der Waals surface area contributed by atoms with Gasteiger partial charge in [-0.15, -0.1) is 0 Å². The lowest BCUT2D eigenvalue weighted by Crippen LogP contribution is -2.29. The minimum absolute atomic E-state index is 0.0615. The third kappa shape index (κ3) is 3.41. The molecule has 2 aromatic rings. The predicted octanol–water partition coefficient (Wildman–Crippen LogP) is 1.77. The molecular formula is C17H20N4O2. The van der Waals surface area contributed by atoms with Gasteiger partial charge in [0.2, 0.25) is 5.95 Å². The number of aromatic amines is 1. The van der Waals surface area contributed by atoms with E-state index in [9.17, 15) is 9.59 Å². The van der Waals surface area contributed by atoms with Gasteiger partial charge in [-0.05, 0) is 56.4 Å². The molecule has 1 aromatic carbocycles. The number of benzene rings is 1. The molecule has 6 heteroatoms. The summed E-state index contributed by atoms with van der Waals surface area (Å²) in [6, 6.07) is 7.45. The standard InChI is InChI=1S/C17H20N4O2/c1-10(22)12-3-5-13(6-4-12)19-9-11-2-7-15-14(8-11)16(23)21-17(18)20-15/h3-6,11,19H,2,7-9H2,1H3,(H3,18,20,21,23). The van der Waals surface area contributed by atoms with Crippen LogP contribution in [0.5, 0.6) is 0 Å². The maximum atomic E-state index is 12.0. The number of nitrogen functional groups attached to an aromatic ring is 1. The van der Waals surface area contributed by atoms with Gasteiger partial charge in [-0.25, -0.2) is 4.98 Å². The van der Waals surface area contributed by atoms with Crippen molar-refractivity contribution in [3.8, 4) is 0 Å². The van der Waals surface area contributed by atoms with E-state index in [1.54, 1.807) is 6.92 Å². The Morgan fingerprint density at radius 2 is 2.13 bits per heavy atom.